The van der Waals surface area contributed by atoms with Crippen LogP contribution in [0.2, 0.25) is 5.02 Å². The maximum Gasteiger partial charge on any atom is 0.255 e. The molecule has 0 spiro atoms. The summed E-state index contributed by atoms with van der Waals surface area (Å²) in [6.07, 6.45) is 0. The maximum absolute atomic E-state index is 12.4. The molecule has 28 heavy (non-hydrogen) atoms. The number of hydrogen-bond acceptors (Lipinski definition) is 4. The summed E-state index contributed by atoms with van der Waals surface area (Å²) in [6, 6.07) is 19.7. The van der Waals surface area contributed by atoms with Crippen LogP contribution in [0.3, 0.4) is 0 Å². The Balaban J connectivity index is 1.63. The Kier molecular flexibility index (Phi) is 5.99. The number of primary sulfonamides is 1. The van der Waals surface area contributed by atoms with Crippen LogP contribution in [0.25, 0.3) is 0 Å². The smallest absolute Gasteiger partial charge is 0.255 e. The lowest BCUT2D eigenvalue weighted by Crippen LogP contribution is -2.14. The van der Waals surface area contributed by atoms with Crippen molar-refractivity contribution < 1.29 is 17.9 Å². The van der Waals surface area contributed by atoms with E-state index >= 15 is 0 Å². The second kappa shape index (κ2) is 8.43. The fourth-order valence-corrected chi connectivity index (χ4v) is 3.09. The summed E-state index contributed by atoms with van der Waals surface area (Å²) < 4.78 is 28.5. The SMILES string of the molecule is NS(=O)(=O)c1cccc(NC(=O)c2ccc(COc3ccc(Cl)cc3)cc2)c1. The van der Waals surface area contributed by atoms with E-state index in [1.165, 1.54) is 18.2 Å². The highest BCUT2D eigenvalue weighted by Gasteiger charge is 2.11. The van der Waals surface area contributed by atoms with Gasteiger partial charge in [-0.3, -0.25) is 4.79 Å². The van der Waals surface area contributed by atoms with Gasteiger partial charge in [-0.15, -0.1) is 0 Å². The van der Waals surface area contributed by atoms with Crippen molar-refractivity contribution in [1.82, 2.24) is 0 Å². The number of carbonyl (C=O) groups is 1. The Labute approximate surface area is 168 Å². The van der Waals surface area contributed by atoms with Crippen LogP contribution < -0.4 is 15.2 Å². The van der Waals surface area contributed by atoms with E-state index in [-0.39, 0.29) is 10.8 Å². The molecule has 0 bridgehead atoms. The maximum atomic E-state index is 12.4. The first-order valence-corrected chi connectivity index (χ1v) is 10.2. The number of halogens is 1. The van der Waals surface area contributed by atoms with Gasteiger partial charge < -0.3 is 10.1 Å². The Morgan fingerprint density at radius 3 is 2.32 bits per heavy atom. The molecule has 0 atom stereocenters. The monoisotopic (exact) mass is 416 g/mol. The number of carbonyl (C=O) groups excluding carboxylic acids is 1. The van der Waals surface area contributed by atoms with Gasteiger partial charge in [-0.1, -0.05) is 29.8 Å². The van der Waals surface area contributed by atoms with Gasteiger partial charge in [-0.25, -0.2) is 13.6 Å². The van der Waals surface area contributed by atoms with E-state index in [2.05, 4.69) is 5.32 Å². The van der Waals surface area contributed by atoms with Crippen molar-refractivity contribution in [2.24, 2.45) is 5.14 Å². The second-order valence-electron chi connectivity index (χ2n) is 5.97. The van der Waals surface area contributed by atoms with E-state index in [1.807, 2.05) is 0 Å². The summed E-state index contributed by atoms with van der Waals surface area (Å²) in [5.74, 6) is 0.331. The lowest BCUT2D eigenvalue weighted by atomic mass is 10.1. The summed E-state index contributed by atoms with van der Waals surface area (Å²) in [7, 11) is -3.84. The van der Waals surface area contributed by atoms with Crippen LogP contribution >= 0.6 is 11.6 Å². The zero-order chi connectivity index (χ0) is 20.1. The minimum atomic E-state index is -3.84. The van der Waals surface area contributed by atoms with Gasteiger partial charge in [-0.2, -0.15) is 0 Å². The molecule has 3 aromatic carbocycles. The molecule has 144 valence electrons. The Morgan fingerprint density at radius 2 is 1.68 bits per heavy atom. The van der Waals surface area contributed by atoms with Gasteiger partial charge in [0, 0.05) is 16.3 Å². The average molecular weight is 417 g/mol. The number of sulfonamides is 1. The Morgan fingerprint density at radius 1 is 1.00 bits per heavy atom. The first kappa shape index (κ1) is 19.9. The molecule has 0 aliphatic carbocycles. The fraction of sp³-hybridized carbons (Fsp3) is 0.0500. The Hall–Kier alpha value is -2.87. The third-order valence-corrected chi connectivity index (χ3v) is 5.02. The highest BCUT2D eigenvalue weighted by molar-refractivity contribution is 7.89. The summed E-state index contributed by atoms with van der Waals surface area (Å²) in [4.78, 5) is 12.3. The quantitative estimate of drug-likeness (QED) is 0.638. The Bertz CT molecular complexity index is 1080. The zero-order valence-corrected chi connectivity index (χ0v) is 16.2. The van der Waals surface area contributed by atoms with Gasteiger partial charge in [0.2, 0.25) is 10.0 Å². The summed E-state index contributed by atoms with van der Waals surface area (Å²) in [6.45, 7) is 0.347. The van der Waals surface area contributed by atoms with E-state index < -0.39 is 10.0 Å². The first-order chi connectivity index (χ1) is 13.3. The standard InChI is InChI=1S/C20H17ClN2O4S/c21-16-8-10-18(11-9-16)27-13-14-4-6-15(7-5-14)20(24)23-17-2-1-3-19(12-17)28(22,25)26/h1-12H,13H2,(H,23,24)(H2,22,25,26). The van der Waals surface area contributed by atoms with Crippen molar-refractivity contribution in [3.8, 4) is 5.75 Å². The molecule has 0 saturated carbocycles. The molecule has 6 nitrogen and oxygen atoms in total. The molecule has 3 aromatic rings. The lowest BCUT2D eigenvalue weighted by molar-refractivity contribution is 0.102. The topological polar surface area (TPSA) is 98.5 Å². The van der Waals surface area contributed by atoms with E-state index in [0.717, 1.165) is 5.56 Å². The zero-order valence-electron chi connectivity index (χ0n) is 14.6. The number of nitrogens with two attached hydrogens (primary N) is 1. The van der Waals surface area contributed by atoms with Crippen LogP contribution in [0.4, 0.5) is 5.69 Å². The van der Waals surface area contributed by atoms with Gasteiger partial charge in [0.05, 0.1) is 4.90 Å². The van der Waals surface area contributed by atoms with Crippen LogP contribution in [0.1, 0.15) is 15.9 Å². The van der Waals surface area contributed by atoms with Gasteiger partial charge in [-0.05, 0) is 60.2 Å². The molecular formula is C20H17ClN2O4S. The minimum Gasteiger partial charge on any atom is -0.489 e. The molecule has 0 saturated heterocycles. The van der Waals surface area contributed by atoms with Crippen LogP contribution in [-0.2, 0) is 16.6 Å². The predicted octanol–water partition coefficient (Wildman–Crippen LogP) is 3.82. The van der Waals surface area contributed by atoms with Crippen molar-refractivity contribution in [3.05, 3.63) is 88.9 Å². The van der Waals surface area contributed by atoms with Crippen LogP contribution in [-0.4, -0.2) is 14.3 Å². The summed E-state index contributed by atoms with van der Waals surface area (Å²) in [5.41, 5.74) is 1.66. The van der Waals surface area contributed by atoms with Crippen LogP contribution in [0.15, 0.2) is 77.7 Å². The molecule has 3 rings (SSSR count). The lowest BCUT2D eigenvalue weighted by Gasteiger charge is -2.09. The van der Waals surface area contributed by atoms with E-state index in [0.29, 0.717) is 28.6 Å². The summed E-state index contributed by atoms with van der Waals surface area (Å²) >= 11 is 5.84. The molecule has 1 amide bonds. The number of rotatable bonds is 6. The van der Waals surface area contributed by atoms with Gasteiger partial charge in [0.1, 0.15) is 12.4 Å². The highest BCUT2D eigenvalue weighted by atomic mass is 35.5. The molecule has 8 heteroatoms. The van der Waals surface area contributed by atoms with Crippen molar-refractivity contribution in [2.75, 3.05) is 5.32 Å². The van der Waals surface area contributed by atoms with Crippen molar-refractivity contribution in [2.45, 2.75) is 11.5 Å². The second-order valence-corrected chi connectivity index (χ2v) is 7.96. The largest absolute Gasteiger partial charge is 0.489 e. The van der Waals surface area contributed by atoms with E-state index in [1.54, 1.807) is 54.6 Å². The van der Waals surface area contributed by atoms with E-state index in [9.17, 15) is 13.2 Å². The molecule has 0 aromatic heterocycles. The number of nitrogens with one attached hydrogen (secondary N) is 1. The third kappa shape index (κ3) is 5.32. The van der Waals surface area contributed by atoms with Crippen LogP contribution in [0.5, 0.6) is 5.75 Å². The predicted molar refractivity (Wildman–Crippen MR) is 108 cm³/mol. The number of amides is 1. The normalized spacial score (nSPS) is 11.1. The number of benzene rings is 3. The van der Waals surface area contributed by atoms with Crippen molar-refractivity contribution in [3.63, 3.8) is 0 Å². The van der Waals surface area contributed by atoms with Crippen LogP contribution in [0, 0.1) is 0 Å². The molecule has 0 radical (unpaired) electrons. The van der Waals surface area contributed by atoms with Gasteiger partial charge in [0.15, 0.2) is 0 Å². The molecule has 0 unspecified atom stereocenters. The van der Waals surface area contributed by atoms with Crippen molar-refractivity contribution >= 4 is 33.2 Å². The minimum absolute atomic E-state index is 0.0694. The number of anilines is 1. The molecule has 0 aliphatic rings. The highest BCUT2D eigenvalue weighted by Crippen LogP contribution is 2.18. The van der Waals surface area contributed by atoms with Gasteiger partial charge in [0.25, 0.3) is 5.91 Å². The summed E-state index contributed by atoms with van der Waals surface area (Å²) in [5, 5.41) is 8.39. The van der Waals surface area contributed by atoms with Gasteiger partial charge >= 0.3 is 0 Å². The van der Waals surface area contributed by atoms with Crippen molar-refractivity contribution in [1.29, 1.82) is 0 Å². The molecule has 0 aliphatic heterocycles. The third-order valence-electron chi connectivity index (χ3n) is 3.86. The van der Waals surface area contributed by atoms with E-state index in [4.69, 9.17) is 21.5 Å². The average Bonchev–Trinajstić information content (AvgIpc) is 2.67. The molecule has 0 heterocycles. The molecule has 3 N–H and O–H groups in total. The first-order valence-electron chi connectivity index (χ1n) is 8.23. The fourth-order valence-electron chi connectivity index (χ4n) is 2.40. The number of ether oxygens (including phenoxy) is 1. The number of hydrogen-bond donors (Lipinski definition) is 2. The molecular weight excluding hydrogens is 400 g/mol. The molecule has 0 fully saturated rings.